The third kappa shape index (κ3) is 6.70. The Hall–Kier alpha value is -1.64. The van der Waals surface area contributed by atoms with Gasteiger partial charge in [-0.05, 0) is 80.9 Å². The summed E-state index contributed by atoms with van der Waals surface area (Å²) >= 11 is 0. The van der Waals surface area contributed by atoms with Crippen molar-refractivity contribution in [2.24, 2.45) is 0 Å². The van der Waals surface area contributed by atoms with Crippen LogP contribution in [-0.4, -0.2) is 31.1 Å². The van der Waals surface area contributed by atoms with Gasteiger partial charge in [-0.25, -0.2) is 0 Å². The number of likely N-dealkylation sites (tertiary alicyclic amines) is 1. The minimum absolute atomic E-state index is 0.319. The molecule has 180 valence electrons. The Bertz CT molecular complexity index is 793. The zero-order valence-electron chi connectivity index (χ0n) is 21.0. The highest BCUT2D eigenvalue weighted by molar-refractivity contribution is 5.51. The average molecular weight is 448 g/mol. The Morgan fingerprint density at radius 3 is 1.73 bits per heavy atom. The van der Waals surface area contributed by atoms with E-state index in [4.69, 9.17) is 4.74 Å². The molecule has 0 spiro atoms. The van der Waals surface area contributed by atoms with E-state index in [0.29, 0.717) is 0 Å². The second-order valence-corrected chi connectivity index (χ2v) is 10.5. The number of ether oxygens (including phenoxy) is 1. The predicted octanol–water partition coefficient (Wildman–Crippen LogP) is 7.87. The fraction of sp³-hybridized carbons (Fsp3) is 0.613. The smallest absolute Gasteiger partial charge is 0.116 e. The largest absolute Gasteiger partial charge is 0.366 e. The van der Waals surface area contributed by atoms with Gasteiger partial charge in [-0.3, -0.25) is 0 Å². The Morgan fingerprint density at radius 2 is 1.15 bits per heavy atom. The van der Waals surface area contributed by atoms with E-state index in [1.54, 1.807) is 0 Å². The molecule has 0 atom stereocenters. The van der Waals surface area contributed by atoms with Crippen molar-refractivity contribution in [1.82, 2.24) is 4.90 Å². The monoisotopic (exact) mass is 447 g/mol. The lowest BCUT2D eigenvalue weighted by atomic mass is 9.75. The summed E-state index contributed by atoms with van der Waals surface area (Å²) in [5, 5.41) is 0. The molecule has 2 aromatic carbocycles. The number of hydrogen-bond acceptors (Lipinski definition) is 2. The Balaban J connectivity index is 1.08. The zero-order chi connectivity index (χ0) is 22.8. The molecule has 1 aliphatic heterocycles. The standard InChI is InChI=1S/C31H45NO/c1-31(29-20-12-10-18-27(29)26-28-19-11-13-21-30(28)31)33-25-17-9-7-5-3-2-4-6-8-14-22-32-23-15-16-24-32/h10-13,18-21H,2-9,14-17,22-26H2,1H3. The van der Waals surface area contributed by atoms with Crippen LogP contribution in [0.1, 0.15) is 106 Å². The molecule has 0 aromatic heterocycles. The van der Waals surface area contributed by atoms with Crippen molar-refractivity contribution >= 4 is 0 Å². The van der Waals surface area contributed by atoms with Crippen molar-refractivity contribution < 1.29 is 4.74 Å². The third-order valence-corrected chi connectivity index (χ3v) is 7.90. The van der Waals surface area contributed by atoms with Gasteiger partial charge in [-0.2, -0.15) is 0 Å². The first-order valence-corrected chi connectivity index (χ1v) is 13.8. The van der Waals surface area contributed by atoms with Gasteiger partial charge in [-0.1, -0.05) is 99.9 Å². The van der Waals surface area contributed by atoms with Crippen LogP contribution < -0.4 is 0 Å². The van der Waals surface area contributed by atoms with Gasteiger partial charge >= 0.3 is 0 Å². The van der Waals surface area contributed by atoms with Crippen molar-refractivity contribution in [1.29, 1.82) is 0 Å². The van der Waals surface area contributed by atoms with E-state index in [9.17, 15) is 0 Å². The Kier molecular flexibility index (Phi) is 9.44. The summed E-state index contributed by atoms with van der Waals surface area (Å²) in [6.45, 7) is 7.17. The fourth-order valence-electron chi connectivity index (χ4n) is 5.92. The number of unbranched alkanes of at least 4 members (excludes halogenated alkanes) is 9. The molecule has 0 bridgehead atoms. The number of benzene rings is 2. The molecule has 2 heteroatoms. The van der Waals surface area contributed by atoms with Crippen LogP contribution >= 0.6 is 0 Å². The number of nitrogens with zero attached hydrogens (tertiary/aromatic N) is 1. The third-order valence-electron chi connectivity index (χ3n) is 7.90. The SMILES string of the molecule is CC1(OCCCCCCCCCCCCN2CCCC2)c2ccccc2Cc2ccccc21. The summed E-state index contributed by atoms with van der Waals surface area (Å²) in [4.78, 5) is 2.65. The molecule has 2 aliphatic rings. The summed E-state index contributed by atoms with van der Waals surface area (Å²) in [5.74, 6) is 0. The number of fused-ring (bicyclic) bond motifs is 2. The molecular weight excluding hydrogens is 402 g/mol. The summed E-state index contributed by atoms with van der Waals surface area (Å²) in [5.41, 5.74) is 5.21. The normalized spacial score (nSPS) is 17.1. The molecule has 4 rings (SSSR count). The summed E-state index contributed by atoms with van der Waals surface area (Å²) < 4.78 is 6.64. The second kappa shape index (κ2) is 12.7. The van der Waals surface area contributed by atoms with Crippen LogP contribution in [0, 0.1) is 0 Å². The first kappa shape index (κ1) is 24.5. The molecule has 2 aromatic rings. The highest BCUT2D eigenvalue weighted by Crippen LogP contribution is 2.42. The highest BCUT2D eigenvalue weighted by Gasteiger charge is 2.36. The van der Waals surface area contributed by atoms with E-state index in [0.717, 1.165) is 19.4 Å². The van der Waals surface area contributed by atoms with E-state index in [-0.39, 0.29) is 5.60 Å². The van der Waals surface area contributed by atoms with Crippen LogP contribution in [0.4, 0.5) is 0 Å². The quantitative estimate of drug-likeness (QED) is 0.273. The lowest BCUT2D eigenvalue weighted by Gasteiger charge is -2.38. The topological polar surface area (TPSA) is 12.5 Å². The van der Waals surface area contributed by atoms with Crippen LogP contribution in [0.15, 0.2) is 48.5 Å². The number of rotatable bonds is 14. The molecule has 0 saturated carbocycles. The van der Waals surface area contributed by atoms with Crippen molar-refractivity contribution in [2.45, 2.75) is 96.0 Å². The minimum atomic E-state index is -0.319. The summed E-state index contributed by atoms with van der Waals surface area (Å²) in [6.07, 6.45) is 17.6. The molecule has 2 nitrogen and oxygen atoms in total. The first-order chi connectivity index (χ1) is 16.3. The molecule has 0 N–H and O–H groups in total. The van der Waals surface area contributed by atoms with Gasteiger partial charge < -0.3 is 9.64 Å². The van der Waals surface area contributed by atoms with Crippen LogP contribution in [0.3, 0.4) is 0 Å². The van der Waals surface area contributed by atoms with E-state index in [1.807, 2.05) is 0 Å². The van der Waals surface area contributed by atoms with Gasteiger partial charge in [0, 0.05) is 6.61 Å². The fourth-order valence-corrected chi connectivity index (χ4v) is 5.92. The van der Waals surface area contributed by atoms with Crippen LogP contribution in [-0.2, 0) is 16.8 Å². The summed E-state index contributed by atoms with van der Waals surface area (Å²) in [7, 11) is 0. The Morgan fingerprint density at radius 1 is 0.667 bits per heavy atom. The van der Waals surface area contributed by atoms with Crippen LogP contribution in [0.5, 0.6) is 0 Å². The maximum absolute atomic E-state index is 6.64. The zero-order valence-corrected chi connectivity index (χ0v) is 21.0. The van der Waals surface area contributed by atoms with E-state index in [1.165, 1.54) is 113 Å². The van der Waals surface area contributed by atoms with Gasteiger partial charge in [0.05, 0.1) is 0 Å². The minimum Gasteiger partial charge on any atom is -0.366 e. The molecule has 0 radical (unpaired) electrons. The van der Waals surface area contributed by atoms with Crippen molar-refractivity contribution in [3.8, 4) is 0 Å². The lowest BCUT2D eigenvalue weighted by Crippen LogP contribution is -2.33. The van der Waals surface area contributed by atoms with Gasteiger partial charge in [0.15, 0.2) is 0 Å². The van der Waals surface area contributed by atoms with Crippen LogP contribution in [0.25, 0.3) is 0 Å². The lowest BCUT2D eigenvalue weighted by molar-refractivity contribution is -0.00876. The van der Waals surface area contributed by atoms with Crippen LogP contribution in [0.2, 0.25) is 0 Å². The molecule has 1 aliphatic carbocycles. The van der Waals surface area contributed by atoms with E-state index < -0.39 is 0 Å². The van der Waals surface area contributed by atoms with Crippen molar-refractivity contribution in [2.75, 3.05) is 26.2 Å². The molecule has 1 heterocycles. The van der Waals surface area contributed by atoms with Crippen molar-refractivity contribution in [3.05, 3.63) is 70.8 Å². The van der Waals surface area contributed by atoms with Gasteiger partial charge in [0.2, 0.25) is 0 Å². The second-order valence-electron chi connectivity index (χ2n) is 10.5. The summed E-state index contributed by atoms with van der Waals surface area (Å²) in [6, 6.07) is 17.7. The maximum atomic E-state index is 6.64. The van der Waals surface area contributed by atoms with Gasteiger partial charge in [0.1, 0.15) is 5.60 Å². The first-order valence-electron chi connectivity index (χ1n) is 13.8. The predicted molar refractivity (Wildman–Crippen MR) is 140 cm³/mol. The molecule has 0 unspecified atom stereocenters. The van der Waals surface area contributed by atoms with Gasteiger partial charge in [-0.15, -0.1) is 0 Å². The molecule has 33 heavy (non-hydrogen) atoms. The molecule has 0 amide bonds. The molecular formula is C31H45NO. The number of hydrogen-bond donors (Lipinski definition) is 0. The Labute approximate surface area is 202 Å². The highest BCUT2D eigenvalue weighted by atomic mass is 16.5. The maximum Gasteiger partial charge on any atom is 0.116 e. The van der Waals surface area contributed by atoms with E-state index in [2.05, 4.69) is 60.4 Å². The molecule has 1 saturated heterocycles. The van der Waals surface area contributed by atoms with Crippen molar-refractivity contribution in [3.63, 3.8) is 0 Å². The average Bonchev–Trinajstić information content (AvgIpc) is 3.36. The van der Waals surface area contributed by atoms with Gasteiger partial charge in [0.25, 0.3) is 0 Å². The molecule has 1 fully saturated rings. The van der Waals surface area contributed by atoms with E-state index >= 15 is 0 Å².